The number of hydrogen-bond donors (Lipinski definition) is 1. The van der Waals surface area contributed by atoms with Crippen LogP contribution in [0.5, 0.6) is 0 Å². The molecule has 1 N–H and O–H groups in total. The van der Waals surface area contributed by atoms with Crippen molar-refractivity contribution in [3.63, 3.8) is 0 Å². The summed E-state index contributed by atoms with van der Waals surface area (Å²) >= 11 is 12.0. The van der Waals surface area contributed by atoms with E-state index in [2.05, 4.69) is 4.98 Å². The van der Waals surface area contributed by atoms with Crippen molar-refractivity contribution in [2.24, 2.45) is 5.92 Å². The molecule has 2 heterocycles. The maximum absolute atomic E-state index is 12.1. The molecule has 1 aliphatic rings. The molecule has 1 aromatic heterocycles. The normalized spacial score (nSPS) is 17.2. The topological polar surface area (TPSA) is 83.6 Å². The van der Waals surface area contributed by atoms with Gasteiger partial charge in [0.2, 0.25) is 11.8 Å². The van der Waals surface area contributed by atoms with Crippen molar-refractivity contribution < 1.29 is 19.1 Å². The van der Waals surface area contributed by atoms with Gasteiger partial charge in [0.05, 0.1) is 5.92 Å². The number of fused-ring (bicyclic) bond motifs is 1. The van der Waals surface area contributed by atoms with E-state index in [1.54, 1.807) is 36.4 Å². The van der Waals surface area contributed by atoms with E-state index in [0.29, 0.717) is 38.3 Å². The van der Waals surface area contributed by atoms with E-state index in [1.165, 1.54) is 4.90 Å². The van der Waals surface area contributed by atoms with Gasteiger partial charge in [0, 0.05) is 34.3 Å². The number of carboxylic acids is 1. The summed E-state index contributed by atoms with van der Waals surface area (Å²) in [6.07, 6.45) is -0.00154. The third kappa shape index (κ3) is 3.02. The van der Waals surface area contributed by atoms with Gasteiger partial charge in [0.15, 0.2) is 5.58 Å². The van der Waals surface area contributed by atoms with Crippen LogP contribution in [0.3, 0.4) is 0 Å². The standard InChI is InChI=1S/C18H12Cl2N2O4/c19-11-3-9(4-12(20)6-11)17-21-14-7-13(1-2-15(14)26-17)22-8-10(18(24)25)5-16(22)23/h1-4,6-7,10H,5,8H2,(H,24,25)/t10-/m1/s1. The number of oxazole rings is 1. The molecule has 1 fully saturated rings. The number of carbonyl (C=O) groups excluding carboxylic acids is 1. The zero-order valence-corrected chi connectivity index (χ0v) is 14.8. The molecular formula is C18H12Cl2N2O4. The van der Waals surface area contributed by atoms with E-state index in [9.17, 15) is 9.59 Å². The molecule has 0 bridgehead atoms. The van der Waals surface area contributed by atoms with Crippen molar-refractivity contribution in [3.8, 4) is 11.5 Å². The molecule has 0 unspecified atom stereocenters. The van der Waals surface area contributed by atoms with Crippen LogP contribution >= 0.6 is 23.2 Å². The highest BCUT2D eigenvalue weighted by atomic mass is 35.5. The van der Waals surface area contributed by atoms with Crippen molar-refractivity contribution in [3.05, 3.63) is 46.4 Å². The molecule has 2 aromatic carbocycles. The predicted molar refractivity (Wildman–Crippen MR) is 97.6 cm³/mol. The first kappa shape index (κ1) is 16.9. The fourth-order valence-electron chi connectivity index (χ4n) is 3.01. The number of aromatic nitrogens is 1. The number of hydrogen-bond acceptors (Lipinski definition) is 4. The molecule has 0 saturated carbocycles. The van der Waals surface area contributed by atoms with Gasteiger partial charge in [0.25, 0.3) is 0 Å². The fourth-order valence-corrected chi connectivity index (χ4v) is 3.53. The number of rotatable bonds is 3. The lowest BCUT2D eigenvalue weighted by Crippen LogP contribution is -2.25. The zero-order valence-electron chi connectivity index (χ0n) is 13.3. The summed E-state index contributed by atoms with van der Waals surface area (Å²) < 4.78 is 5.74. The first-order valence-corrected chi connectivity index (χ1v) is 8.56. The van der Waals surface area contributed by atoms with Crippen molar-refractivity contribution in [2.45, 2.75) is 6.42 Å². The smallest absolute Gasteiger partial charge is 0.308 e. The van der Waals surface area contributed by atoms with Crippen LogP contribution in [0.25, 0.3) is 22.6 Å². The van der Waals surface area contributed by atoms with Gasteiger partial charge >= 0.3 is 5.97 Å². The number of amides is 1. The molecule has 26 heavy (non-hydrogen) atoms. The molecule has 1 saturated heterocycles. The number of carboxylic acid groups (broad SMARTS) is 1. The van der Waals surface area contributed by atoms with Gasteiger partial charge in [-0.05, 0) is 36.4 Å². The number of anilines is 1. The molecule has 0 aliphatic carbocycles. The Hall–Kier alpha value is -2.57. The van der Waals surface area contributed by atoms with Crippen molar-refractivity contribution in [1.82, 2.24) is 4.98 Å². The summed E-state index contributed by atoms with van der Waals surface area (Å²) in [7, 11) is 0. The number of aliphatic carboxylic acids is 1. The summed E-state index contributed by atoms with van der Waals surface area (Å²) in [5.74, 6) is -1.53. The first-order valence-electron chi connectivity index (χ1n) is 7.81. The Kier molecular flexibility index (Phi) is 4.09. The van der Waals surface area contributed by atoms with Crippen LogP contribution < -0.4 is 4.90 Å². The predicted octanol–water partition coefficient (Wildman–Crippen LogP) is 4.24. The second-order valence-corrected chi connectivity index (χ2v) is 6.95. The quantitative estimate of drug-likeness (QED) is 0.722. The highest BCUT2D eigenvalue weighted by Crippen LogP contribution is 2.32. The minimum atomic E-state index is -0.969. The lowest BCUT2D eigenvalue weighted by Gasteiger charge is -2.15. The summed E-state index contributed by atoms with van der Waals surface area (Å²) in [5, 5.41) is 10.1. The lowest BCUT2D eigenvalue weighted by molar-refractivity contribution is -0.141. The van der Waals surface area contributed by atoms with Crippen LogP contribution in [0.4, 0.5) is 5.69 Å². The van der Waals surface area contributed by atoms with Gasteiger partial charge in [0.1, 0.15) is 5.52 Å². The van der Waals surface area contributed by atoms with E-state index >= 15 is 0 Å². The van der Waals surface area contributed by atoms with Crippen LogP contribution in [0.1, 0.15) is 6.42 Å². The zero-order chi connectivity index (χ0) is 18.4. The van der Waals surface area contributed by atoms with E-state index in [0.717, 1.165) is 0 Å². The van der Waals surface area contributed by atoms with Crippen molar-refractivity contribution >= 4 is 51.9 Å². The second kappa shape index (κ2) is 6.30. The largest absolute Gasteiger partial charge is 0.481 e. The van der Waals surface area contributed by atoms with Crippen molar-refractivity contribution in [2.75, 3.05) is 11.4 Å². The van der Waals surface area contributed by atoms with Crippen LogP contribution in [0.15, 0.2) is 40.8 Å². The third-order valence-electron chi connectivity index (χ3n) is 4.27. The average molecular weight is 391 g/mol. The minimum Gasteiger partial charge on any atom is -0.481 e. The van der Waals surface area contributed by atoms with Gasteiger partial charge < -0.3 is 14.4 Å². The molecule has 0 spiro atoms. The van der Waals surface area contributed by atoms with E-state index < -0.39 is 11.9 Å². The highest BCUT2D eigenvalue weighted by molar-refractivity contribution is 6.35. The number of halogens is 2. The SMILES string of the molecule is O=C(O)[C@@H]1CC(=O)N(c2ccc3oc(-c4cc(Cl)cc(Cl)c4)nc3c2)C1. The number of carbonyl (C=O) groups is 2. The summed E-state index contributed by atoms with van der Waals surface area (Å²) in [4.78, 5) is 29.1. The first-order chi connectivity index (χ1) is 12.4. The van der Waals surface area contributed by atoms with Crippen molar-refractivity contribution in [1.29, 1.82) is 0 Å². The Balaban J connectivity index is 1.70. The molecule has 0 radical (unpaired) electrons. The van der Waals surface area contributed by atoms with E-state index in [1.807, 2.05) is 0 Å². The Morgan fingerprint density at radius 2 is 1.92 bits per heavy atom. The average Bonchev–Trinajstić information content (AvgIpc) is 3.16. The van der Waals surface area contributed by atoms with Gasteiger partial charge in [-0.3, -0.25) is 9.59 Å². The molecule has 1 aliphatic heterocycles. The maximum Gasteiger partial charge on any atom is 0.308 e. The van der Waals surface area contributed by atoms with Gasteiger partial charge in [-0.1, -0.05) is 23.2 Å². The van der Waals surface area contributed by atoms with Gasteiger partial charge in [-0.2, -0.15) is 0 Å². The van der Waals surface area contributed by atoms with Crippen LogP contribution in [0, 0.1) is 5.92 Å². The molecule has 132 valence electrons. The highest BCUT2D eigenvalue weighted by Gasteiger charge is 2.35. The van der Waals surface area contributed by atoms with E-state index in [-0.39, 0.29) is 18.9 Å². The van der Waals surface area contributed by atoms with Crippen LogP contribution in [-0.2, 0) is 9.59 Å². The Morgan fingerprint density at radius 3 is 2.58 bits per heavy atom. The van der Waals surface area contributed by atoms with Gasteiger partial charge in [-0.25, -0.2) is 4.98 Å². The Morgan fingerprint density at radius 1 is 1.19 bits per heavy atom. The summed E-state index contributed by atoms with van der Waals surface area (Å²) in [5.41, 5.74) is 2.33. The van der Waals surface area contributed by atoms with E-state index in [4.69, 9.17) is 32.7 Å². The minimum absolute atomic E-state index is 0.00154. The third-order valence-corrected chi connectivity index (χ3v) is 4.70. The Labute approximate surface area is 157 Å². The molecule has 4 rings (SSSR count). The second-order valence-electron chi connectivity index (χ2n) is 6.07. The molecule has 1 amide bonds. The Bertz CT molecular complexity index is 1030. The monoisotopic (exact) mass is 390 g/mol. The summed E-state index contributed by atoms with van der Waals surface area (Å²) in [6.45, 7) is 0.147. The van der Waals surface area contributed by atoms with Crippen LogP contribution in [-0.4, -0.2) is 28.5 Å². The number of nitrogens with zero attached hydrogens (tertiary/aromatic N) is 2. The molecule has 8 heteroatoms. The maximum atomic E-state index is 12.1. The molecule has 3 aromatic rings. The fraction of sp³-hybridized carbons (Fsp3) is 0.167. The summed E-state index contributed by atoms with van der Waals surface area (Å²) in [6, 6.07) is 10.1. The van der Waals surface area contributed by atoms with Crippen LogP contribution in [0.2, 0.25) is 10.0 Å². The molecular weight excluding hydrogens is 379 g/mol. The van der Waals surface area contributed by atoms with Gasteiger partial charge in [-0.15, -0.1) is 0 Å². The molecule has 6 nitrogen and oxygen atoms in total. The number of benzene rings is 2. The lowest BCUT2D eigenvalue weighted by atomic mass is 10.1. The molecule has 1 atom stereocenters.